The molecule has 0 saturated heterocycles. The van der Waals surface area contributed by atoms with Crippen molar-refractivity contribution in [3.63, 3.8) is 0 Å². The molecule has 20 heavy (non-hydrogen) atoms. The average molecular weight is 268 g/mol. The lowest BCUT2D eigenvalue weighted by molar-refractivity contribution is 0.409. The van der Waals surface area contributed by atoms with Crippen LogP contribution in [-0.4, -0.2) is 7.11 Å². The van der Waals surface area contributed by atoms with E-state index >= 15 is 0 Å². The molecule has 0 spiro atoms. The van der Waals surface area contributed by atoms with Gasteiger partial charge in [0.2, 0.25) is 0 Å². The van der Waals surface area contributed by atoms with E-state index in [1.807, 2.05) is 42.5 Å². The Balaban J connectivity index is 0.00000200. The number of rotatable bonds is 4. The van der Waals surface area contributed by atoms with Crippen LogP contribution in [0.1, 0.15) is 29.5 Å². The fraction of sp³-hybridized carbons (Fsp3) is 0.235. The maximum atomic E-state index is 9.57. The number of benzene rings is 2. The highest BCUT2D eigenvalue weighted by atomic mass is 16.5. The zero-order valence-electron chi connectivity index (χ0n) is 12.0. The van der Waals surface area contributed by atoms with E-state index in [1.54, 1.807) is 7.11 Å². The highest BCUT2D eigenvalue weighted by Gasteiger charge is 2.19. The van der Waals surface area contributed by atoms with E-state index in [0.717, 1.165) is 23.3 Å². The normalized spacial score (nSPS) is 11.1. The monoisotopic (exact) mass is 268 g/mol. The first kappa shape index (κ1) is 15.7. The van der Waals surface area contributed by atoms with E-state index in [9.17, 15) is 5.26 Å². The van der Waals surface area contributed by atoms with Gasteiger partial charge in [0.15, 0.2) is 0 Å². The Morgan fingerprint density at radius 3 is 2.25 bits per heavy atom. The molecule has 2 aromatic carbocycles. The van der Waals surface area contributed by atoms with Crippen LogP contribution in [0.4, 0.5) is 0 Å². The number of ether oxygens (including phenoxy) is 1. The number of hydrogen-bond acceptors (Lipinski definition) is 3. The molecule has 0 unspecified atom stereocenters. The van der Waals surface area contributed by atoms with Crippen molar-refractivity contribution in [3.8, 4) is 11.8 Å². The molecule has 0 bridgehead atoms. The average Bonchev–Trinajstić information content (AvgIpc) is 2.49. The lowest BCUT2D eigenvalue weighted by Crippen LogP contribution is -2.04. The number of hydrogen-bond donors (Lipinski definition) is 1. The Labute approximate surface area is 120 Å². The summed E-state index contributed by atoms with van der Waals surface area (Å²) in [6.45, 7) is 2.11. The minimum Gasteiger partial charge on any atom is -0.496 e. The van der Waals surface area contributed by atoms with Crippen LogP contribution in [-0.2, 0) is 6.42 Å². The molecule has 0 aliphatic rings. The van der Waals surface area contributed by atoms with Gasteiger partial charge in [-0.2, -0.15) is 5.26 Å². The van der Waals surface area contributed by atoms with E-state index < -0.39 is 0 Å². The lowest BCUT2D eigenvalue weighted by Gasteiger charge is -2.16. The molecule has 104 valence electrons. The quantitative estimate of drug-likeness (QED) is 0.908. The molecular formula is C17H20N2O. The second kappa shape index (κ2) is 7.32. The smallest absolute Gasteiger partial charge is 0.123 e. The van der Waals surface area contributed by atoms with Crippen LogP contribution in [0.25, 0.3) is 0 Å². The van der Waals surface area contributed by atoms with Crippen LogP contribution in [0.2, 0.25) is 0 Å². The van der Waals surface area contributed by atoms with Crippen molar-refractivity contribution < 1.29 is 4.74 Å². The predicted octanol–water partition coefficient (Wildman–Crippen LogP) is 4.08. The minimum atomic E-state index is -0.285. The van der Waals surface area contributed by atoms with Crippen molar-refractivity contribution in [2.75, 3.05) is 7.11 Å². The van der Waals surface area contributed by atoms with Crippen LogP contribution >= 0.6 is 0 Å². The van der Waals surface area contributed by atoms with E-state index in [1.165, 1.54) is 5.56 Å². The Kier molecular flexibility index (Phi) is 5.76. The van der Waals surface area contributed by atoms with E-state index in [0.29, 0.717) is 0 Å². The molecule has 0 aromatic heterocycles. The Morgan fingerprint density at radius 2 is 1.65 bits per heavy atom. The lowest BCUT2D eigenvalue weighted by atomic mass is 9.88. The van der Waals surface area contributed by atoms with E-state index in [2.05, 4.69) is 19.1 Å². The highest BCUT2D eigenvalue weighted by molar-refractivity contribution is 5.48. The number of para-hydroxylation sites is 1. The SMILES string of the molecule is CCc1ccccc1[C@@H](C#N)c1ccccc1OC.N. The molecule has 0 fully saturated rings. The number of methoxy groups -OCH3 is 1. The van der Waals surface area contributed by atoms with Crippen LogP contribution in [0.3, 0.4) is 0 Å². The third kappa shape index (κ3) is 2.98. The molecule has 3 nitrogen and oxygen atoms in total. The van der Waals surface area contributed by atoms with Crippen molar-refractivity contribution >= 4 is 0 Å². The molecule has 0 aliphatic carbocycles. The van der Waals surface area contributed by atoms with Crippen LogP contribution in [0, 0.1) is 11.3 Å². The first-order chi connectivity index (χ1) is 9.31. The zero-order valence-corrected chi connectivity index (χ0v) is 12.0. The Bertz CT molecular complexity index is 554. The number of nitrogens with zero attached hydrogens (tertiary/aromatic N) is 1. The van der Waals surface area contributed by atoms with Gasteiger partial charge in [0.05, 0.1) is 13.2 Å². The number of aryl methyl sites for hydroxylation is 1. The van der Waals surface area contributed by atoms with Crippen molar-refractivity contribution in [2.45, 2.75) is 19.3 Å². The minimum absolute atomic E-state index is 0. The third-order valence-corrected chi connectivity index (χ3v) is 3.33. The standard InChI is InChI=1S/C17H17NO.H3N/c1-3-13-8-4-5-9-14(13)16(12-18)15-10-6-7-11-17(15)19-2;/h4-11,16H,3H2,1-2H3;1H3/t16-;/m1./s1. The van der Waals surface area contributed by atoms with Crippen LogP contribution < -0.4 is 10.9 Å². The van der Waals surface area contributed by atoms with Gasteiger partial charge in [0, 0.05) is 5.56 Å². The fourth-order valence-corrected chi connectivity index (χ4v) is 2.35. The summed E-state index contributed by atoms with van der Waals surface area (Å²) in [7, 11) is 1.64. The maximum absolute atomic E-state index is 9.57. The molecule has 1 atom stereocenters. The molecule has 3 N–H and O–H groups in total. The summed E-state index contributed by atoms with van der Waals surface area (Å²) in [6.07, 6.45) is 0.920. The Morgan fingerprint density at radius 1 is 1.05 bits per heavy atom. The molecule has 2 rings (SSSR count). The highest BCUT2D eigenvalue weighted by Crippen LogP contribution is 2.33. The molecule has 2 aromatic rings. The van der Waals surface area contributed by atoms with E-state index in [4.69, 9.17) is 4.74 Å². The maximum Gasteiger partial charge on any atom is 0.123 e. The molecule has 3 heteroatoms. The van der Waals surface area contributed by atoms with Gasteiger partial charge < -0.3 is 10.9 Å². The van der Waals surface area contributed by atoms with Gasteiger partial charge in [-0.1, -0.05) is 49.4 Å². The summed E-state index contributed by atoms with van der Waals surface area (Å²) < 4.78 is 5.37. The first-order valence-corrected chi connectivity index (χ1v) is 6.42. The van der Waals surface area contributed by atoms with Gasteiger partial charge in [-0.3, -0.25) is 0 Å². The third-order valence-electron chi connectivity index (χ3n) is 3.33. The molecule has 0 aliphatic heterocycles. The fourth-order valence-electron chi connectivity index (χ4n) is 2.35. The summed E-state index contributed by atoms with van der Waals surface area (Å²) in [5, 5.41) is 9.57. The van der Waals surface area contributed by atoms with Gasteiger partial charge in [0.1, 0.15) is 11.7 Å². The molecule has 0 heterocycles. The summed E-state index contributed by atoms with van der Waals surface area (Å²) >= 11 is 0. The molecule has 0 saturated carbocycles. The summed E-state index contributed by atoms with van der Waals surface area (Å²) in [4.78, 5) is 0. The molecular weight excluding hydrogens is 248 g/mol. The molecule has 0 radical (unpaired) electrons. The van der Waals surface area contributed by atoms with Gasteiger partial charge >= 0.3 is 0 Å². The molecule has 0 amide bonds. The summed E-state index contributed by atoms with van der Waals surface area (Å²) in [6, 6.07) is 18.2. The van der Waals surface area contributed by atoms with Crippen molar-refractivity contribution in [1.82, 2.24) is 6.15 Å². The van der Waals surface area contributed by atoms with Crippen LogP contribution in [0.15, 0.2) is 48.5 Å². The predicted molar refractivity (Wildman–Crippen MR) is 81.3 cm³/mol. The Hall–Kier alpha value is -2.31. The summed E-state index contributed by atoms with van der Waals surface area (Å²) in [5.41, 5.74) is 3.20. The summed E-state index contributed by atoms with van der Waals surface area (Å²) in [5.74, 6) is 0.479. The van der Waals surface area contributed by atoms with Crippen LogP contribution in [0.5, 0.6) is 5.75 Å². The van der Waals surface area contributed by atoms with E-state index in [-0.39, 0.29) is 12.1 Å². The number of nitriles is 1. The second-order valence-electron chi connectivity index (χ2n) is 4.36. The first-order valence-electron chi connectivity index (χ1n) is 6.42. The largest absolute Gasteiger partial charge is 0.496 e. The second-order valence-corrected chi connectivity index (χ2v) is 4.36. The van der Waals surface area contributed by atoms with Crippen molar-refractivity contribution in [1.29, 1.82) is 5.26 Å². The van der Waals surface area contributed by atoms with Gasteiger partial charge in [-0.05, 0) is 23.6 Å². The van der Waals surface area contributed by atoms with Gasteiger partial charge in [0.25, 0.3) is 0 Å². The van der Waals surface area contributed by atoms with Crippen molar-refractivity contribution in [3.05, 3.63) is 65.2 Å². The topological polar surface area (TPSA) is 68.0 Å². The van der Waals surface area contributed by atoms with Crippen molar-refractivity contribution in [2.24, 2.45) is 0 Å². The zero-order chi connectivity index (χ0) is 13.7. The van der Waals surface area contributed by atoms with Gasteiger partial charge in [-0.15, -0.1) is 0 Å². The van der Waals surface area contributed by atoms with Gasteiger partial charge in [-0.25, -0.2) is 0 Å².